The molecule has 0 spiro atoms. The van der Waals surface area contributed by atoms with Gasteiger partial charge in [-0.3, -0.25) is 0 Å². The minimum Gasteiger partial charge on any atom is -0.236 e. The molecule has 0 amide bonds. The molecule has 1 aromatic carbocycles. The second kappa shape index (κ2) is 4.83. The first-order chi connectivity index (χ1) is 8.83. The van der Waals surface area contributed by atoms with E-state index in [9.17, 15) is 0 Å². The Bertz CT molecular complexity index is 700. The molecular formula is C11H6ClN5S. The fraction of sp³-hybridized carbons (Fsp3) is 0. The van der Waals surface area contributed by atoms with Crippen LogP contribution in [0.3, 0.4) is 0 Å². The van der Waals surface area contributed by atoms with Crippen molar-refractivity contribution in [2.45, 2.75) is 10.1 Å². The zero-order valence-corrected chi connectivity index (χ0v) is 10.6. The smallest absolute Gasteiger partial charge is 0.236 e. The Kier molecular flexibility index (Phi) is 3.04. The molecule has 7 heteroatoms. The van der Waals surface area contributed by atoms with E-state index in [1.807, 2.05) is 24.3 Å². The van der Waals surface area contributed by atoms with Crippen LogP contribution in [-0.4, -0.2) is 25.1 Å². The fourth-order valence-electron chi connectivity index (χ4n) is 1.48. The van der Waals surface area contributed by atoms with E-state index in [1.54, 1.807) is 6.20 Å². The van der Waals surface area contributed by atoms with Gasteiger partial charge >= 0.3 is 0 Å². The molecule has 0 aliphatic carbocycles. The third kappa shape index (κ3) is 2.25. The van der Waals surface area contributed by atoms with Gasteiger partial charge in [0.25, 0.3) is 0 Å². The highest BCUT2D eigenvalue weighted by atomic mass is 35.5. The molecule has 0 radical (unpaired) electrons. The van der Waals surface area contributed by atoms with E-state index in [1.165, 1.54) is 18.1 Å². The molecule has 0 saturated heterocycles. The molecule has 0 saturated carbocycles. The zero-order valence-electron chi connectivity index (χ0n) is 8.99. The summed E-state index contributed by atoms with van der Waals surface area (Å²) >= 11 is 7.08. The predicted octanol–water partition coefficient (Wildman–Crippen LogP) is 2.62. The van der Waals surface area contributed by atoms with E-state index in [0.717, 1.165) is 15.9 Å². The molecule has 88 valence electrons. The summed E-state index contributed by atoms with van der Waals surface area (Å²) in [5.41, 5.74) is 0.892. The summed E-state index contributed by atoms with van der Waals surface area (Å²) in [6.07, 6.45) is 3.08. The maximum Gasteiger partial charge on any atom is 0.244 e. The number of rotatable bonds is 2. The first kappa shape index (κ1) is 11.3. The van der Waals surface area contributed by atoms with Gasteiger partial charge in [0.2, 0.25) is 5.28 Å². The molecule has 18 heavy (non-hydrogen) atoms. The number of nitrogens with zero attached hydrogens (tertiary/aromatic N) is 5. The van der Waals surface area contributed by atoms with Crippen LogP contribution in [0.1, 0.15) is 0 Å². The van der Waals surface area contributed by atoms with Gasteiger partial charge in [-0.1, -0.05) is 18.2 Å². The number of halogens is 1. The van der Waals surface area contributed by atoms with E-state index < -0.39 is 0 Å². The molecule has 0 atom stereocenters. The summed E-state index contributed by atoms with van der Waals surface area (Å²) in [4.78, 5) is 12.5. The normalized spacial score (nSPS) is 10.7. The lowest BCUT2D eigenvalue weighted by molar-refractivity contribution is 0.902. The molecule has 3 rings (SSSR count). The summed E-state index contributed by atoms with van der Waals surface area (Å²) < 4.78 is 0. The topological polar surface area (TPSA) is 64.5 Å². The van der Waals surface area contributed by atoms with Gasteiger partial charge in [0, 0.05) is 5.39 Å². The standard InChI is InChI=1S/C11H6ClN5S/c12-11-16-9(5-15-17-11)18-10-7-3-1-2-4-8(7)13-6-14-10/h1-6H. The summed E-state index contributed by atoms with van der Waals surface area (Å²) in [7, 11) is 0. The first-order valence-electron chi connectivity index (χ1n) is 5.06. The lowest BCUT2D eigenvalue weighted by Gasteiger charge is -2.03. The van der Waals surface area contributed by atoms with Crippen molar-refractivity contribution in [3.05, 3.63) is 42.1 Å². The lowest BCUT2D eigenvalue weighted by atomic mass is 10.2. The van der Waals surface area contributed by atoms with Crippen LogP contribution >= 0.6 is 23.4 Å². The predicted molar refractivity (Wildman–Crippen MR) is 68.5 cm³/mol. The monoisotopic (exact) mass is 275 g/mol. The van der Waals surface area contributed by atoms with Crippen LogP contribution in [-0.2, 0) is 0 Å². The molecule has 5 nitrogen and oxygen atoms in total. The Morgan fingerprint density at radius 2 is 2.00 bits per heavy atom. The number of hydrogen-bond donors (Lipinski definition) is 0. The Morgan fingerprint density at radius 3 is 2.89 bits per heavy atom. The maximum atomic E-state index is 5.70. The lowest BCUT2D eigenvalue weighted by Crippen LogP contribution is -1.91. The van der Waals surface area contributed by atoms with Crippen molar-refractivity contribution in [2.75, 3.05) is 0 Å². The average Bonchev–Trinajstić information content (AvgIpc) is 2.39. The second-order valence-corrected chi connectivity index (χ2v) is 4.71. The molecule has 0 aliphatic rings. The maximum absolute atomic E-state index is 5.70. The summed E-state index contributed by atoms with van der Waals surface area (Å²) in [6.45, 7) is 0. The third-order valence-electron chi connectivity index (χ3n) is 2.22. The van der Waals surface area contributed by atoms with Crippen molar-refractivity contribution in [3.63, 3.8) is 0 Å². The van der Waals surface area contributed by atoms with Crippen LogP contribution in [0.4, 0.5) is 0 Å². The highest BCUT2D eigenvalue weighted by molar-refractivity contribution is 7.99. The van der Waals surface area contributed by atoms with Gasteiger partial charge in [0.1, 0.15) is 16.4 Å². The van der Waals surface area contributed by atoms with E-state index in [4.69, 9.17) is 11.6 Å². The molecular weight excluding hydrogens is 270 g/mol. The molecule has 2 aromatic heterocycles. The van der Waals surface area contributed by atoms with Crippen molar-refractivity contribution in [3.8, 4) is 0 Å². The highest BCUT2D eigenvalue weighted by Crippen LogP contribution is 2.29. The van der Waals surface area contributed by atoms with Gasteiger partial charge in [-0.2, -0.15) is 5.10 Å². The summed E-state index contributed by atoms with van der Waals surface area (Å²) in [5, 5.41) is 9.92. The number of benzene rings is 1. The van der Waals surface area contributed by atoms with Crippen LogP contribution < -0.4 is 0 Å². The van der Waals surface area contributed by atoms with Crippen molar-refractivity contribution in [1.82, 2.24) is 25.1 Å². The summed E-state index contributed by atoms with van der Waals surface area (Å²) in [6, 6.07) is 7.79. The van der Waals surface area contributed by atoms with Crippen molar-refractivity contribution >= 4 is 34.3 Å². The number of hydrogen-bond acceptors (Lipinski definition) is 6. The molecule has 0 bridgehead atoms. The van der Waals surface area contributed by atoms with Crippen LogP contribution in [0, 0.1) is 0 Å². The Morgan fingerprint density at radius 1 is 1.11 bits per heavy atom. The molecule has 0 unspecified atom stereocenters. The highest BCUT2D eigenvalue weighted by Gasteiger charge is 2.07. The number of para-hydroxylation sites is 1. The van der Waals surface area contributed by atoms with Gasteiger partial charge in [0.05, 0.1) is 11.7 Å². The fourth-order valence-corrected chi connectivity index (χ4v) is 2.48. The van der Waals surface area contributed by atoms with Crippen LogP contribution in [0.2, 0.25) is 5.28 Å². The third-order valence-corrected chi connectivity index (χ3v) is 3.30. The SMILES string of the molecule is Clc1nncc(Sc2ncnc3ccccc23)n1. The Labute approximate surface area is 112 Å². The van der Waals surface area contributed by atoms with Gasteiger partial charge in [-0.05, 0) is 29.4 Å². The average molecular weight is 276 g/mol. The minimum absolute atomic E-state index is 0.123. The minimum atomic E-state index is 0.123. The second-order valence-electron chi connectivity index (χ2n) is 3.36. The summed E-state index contributed by atoms with van der Waals surface area (Å²) in [5.74, 6) is 0. The van der Waals surface area contributed by atoms with Crippen LogP contribution in [0.15, 0.2) is 46.8 Å². The van der Waals surface area contributed by atoms with Crippen molar-refractivity contribution in [1.29, 1.82) is 0 Å². The van der Waals surface area contributed by atoms with E-state index >= 15 is 0 Å². The number of aromatic nitrogens is 5. The van der Waals surface area contributed by atoms with E-state index in [2.05, 4.69) is 25.1 Å². The van der Waals surface area contributed by atoms with Crippen LogP contribution in [0.5, 0.6) is 0 Å². The molecule has 2 heterocycles. The van der Waals surface area contributed by atoms with Crippen LogP contribution in [0.25, 0.3) is 10.9 Å². The van der Waals surface area contributed by atoms with E-state index in [0.29, 0.717) is 5.03 Å². The van der Waals surface area contributed by atoms with Gasteiger partial charge in [-0.25, -0.2) is 15.0 Å². The quantitative estimate of drug-likeness (QED) is 0.670. The van der Waals surface area contributed by atoms with Gasteiger partial charge in [-0.15, -0.1) is 5.10 Å². The van der Waals surface area contributed by atoms with E-state index in [-0.39, 0.29) is 5.28 Å². The number of fused-ring (bicyclic) bond motifs is 1. The first-order valence-corrected chi connectivity index (χ1v) is 6.25. The Balaban J connectivity index is 2.05. The largest absolute Gasteiger partial charge is 0.244 e. The van der Waals surface area contributed by atoms with Gasteiger partial charge in [0.15, 0.2) is 0 Å². The zero-order chi connectivity index (χ0) is 12.4. The molecule has 0 fully saturated rings. The molecule has 0 N–H and O–H groups in total. The van der Waals surface area contributed by atoms with Gasteiger partial charge < -0.3 is 0 Å². The Hall–Kier alpha value is -1.79. The van der Waals surface area contributed by atoms with Crippen molar-refractivity contribution < 1.29 is 0 Å². The molecule has 3 aromatic rings. The van der Waals surface area contributed by atoms with Crippen molar-refractivity contribution in [2.24, 2.45) is 0 Å². The molecule has 0 aliphatic heterocycles.